The largest absolute Gasteiger partial charge is 0.389 e. The fourth-order valence-corrected chi connectivity index (χ4v) is 4.88. The molecule has 1 heterocycles. The topological polar surface area (TPSA) is 66.4 Å². The van der Waals surface area contributed by atoms with Crippen molar-refractivity contribution < 1.29 is 14.7 Å². The minimum absolute atomic E-state index is 0.171. The predicted molar refractivity (Wildman–Crippen MR) is 137 cm³/mol. The van der Waals surface area contributed by atoms with E-state index < -0.39 is 6.10 Å². The summed E-state index contributed by atoms with van der Waals surface area (Å²) in [5.74, 6) is -0.368. The minimum atomic E-state index is -0.691. The fourth-order valence-electron chi connectivity index (χ4n) is 4.48. The van der Waals surface area contributed by atoms with Gasteiger partial charge in [-0.1, -0.05) is 36.4 Å². The van der Waals surface area contributed by atoms with Crippen LogP contribution >= 0.6 is 11.6 Å². The average molecular weight is 476 g/mol. The molecule has 1 aliphatic heterocycles. The number of carbonyl (C=O) groups excluding carboxylic acids is 2. The molecular formula is C28H28ClN2O3+. The number of carbonyl (C=O) groups is 2. The van der Waals surface area contributed by atoms with Gasteiger partial charge in [0.25, 0.3) is 5.91 Å². The number of nitrogens with zero attached hydrogens (tertiary/aromatic N) is 1. The van der Waals surface area contributed by atoms with E-state index in [1.807, 2.05) is 62.4 Å². The summed E-state index contributed by atoms with van der Waals surface area (Å²) in [6.07, 6.45) is 2.06. The number of rotatable bonds is 4. The summed E-state index contributed by atoms with van der Waals surface area (Å²) in [6, 6.07) is 22.1. The normalized spacial score (nSPS) is 20.2. The summed E-state index contributed by atoms with van der Waals surface area (Å²) < 4.78 is -0.185. The Morgan fingerprint density at radius 3 is 2.35 bits per heavy atom. The highest BCUT2D eigenvalue weighted by Crippen LogP contribution is 2.37. The Morgan fingerprint density at radius 1 is 0.941 bits per heavy atom. The monoisotopic (exact) mass is 475 g/mol. The second-order valence-electron chi connectivity index (χ2n) is 8.67. The van der Waals surface area contributed by atoms with Crippen LogP contribution in [0.4, 0.5) is 11.4 Å². The molecule has 3 aromatic carbocycles. The number of halogens is 1. The molecule has 3 aromatic rings. The van der Waals surface area contributed by atoms with Crippen LogP contribution in [0.3, 0.4) is 0 Å². The Labute approximate surface area is 204 Å². The molecule has 2 amide bonds. The number of hydrogen-bond acceptors (Lipinski definition) is 3. The Hall–Kier alpha value is -3.25. The van der Waals surface area contributed by atoms with Crippen molar-refractivity contribution >= 4 is 34.8 Å². The van der Waals surface area contributed by atoms with E-state index in [4.69, 9.17) is 11.6 Å². The van der Waals surface area contributed by atoms with Gasteiger partial charge in [-0.25, -0.2) is 4.79 Å². The number of amides is 2. The minimum Gasteiger partial charge on any atom is -0.389 e. The van der Waals surface area contributed by atoms with E-state index in [0.29, 0.717) is 36.2 Å². The fraction of sp³-hybridized carbons (Fsp3) is 0.214. The maximum atomic E-state index is 14.1. The molecule has 34 heavy (non-hydrogen) atoms. The van der Waals surface area contributed by atoms with Gasteiger partial charge in [0.05, 0.1) is 18.2 Å². The lowest BCUT2D eigenvalue weighted by Crippen LogP contribution is -2.52. The van der Waals surface area contributed by atoms with E-state index in [1.165, 1.54) is 0 Å². The third-order valence-corrected chi connectivity index (χ3v) is 6.75. The highest BCUT2D eigenvalue weighted by Gasteiger charge is 2.45. The lowest BCUT2D eigenvalue weighted by Gasteiger charge is -2.34. The van der Waals surface area contributed by atoms with Crippen LogP contribution in [0.5, 0.6) is 0 Å². The first kappa shape index (κ1) is 23.9. The molecule has 0 radical (unpaired) electrons. The van der Waals surface area contributed by atoms with Crippen molar-refractivity contribution in [3.05, 3.63) is 106 Å². The zero-order chi connectivity index (χ0) is 24.3. The first-order chi connectivity index (χ1) is 16.3. The number of aliphatic hydroxyl groups excluding tert-OH is 1. The first-order valence-corrected chi connectivity index (χ1v) is 11.7. The summed E-state index contributed by atoms with van der Waals surface area (Å²) in [6.45, 7) is 4.19. The lowest BCUT2D eigenvalue weighted by atomic mass is 10.0. The molecular weight excluding hydrogens is 448 g/mol. The second kappa shape index (κ2) is 9.94. The summed E-state index contributed by atoms with van der Waals surface area (Å²) in [7, 11) is 0. The summed E-state index contributed by atoms with van der Waals surface area (Å²) in [5, 5.41) is 13.5. The second-order valence-corrected chi connectivity index (χ2v) is 9.06. The van der Waals surface area contributed by atoms with Crippen LogP contribution < -0.4 is 9.80 Å². The number of anilines is 1. The molecule has 0 aliphatic carbocycles. The summed E-state index contributed by atoms with van der Waals surface area (Å²) in [4.78, 5) is 26.8. The average Bonchev–Trinajstić information content (AvgIpc) is 2.97. The molecule has 1 aliphatic rings. The zero-order valence-electron chi connectivity index (χ0n) is 19.3. The van der Waals surface area contributed by atoms with Crippen molar-refractivity contribution in [1.82, 2.24) is 4.48 Å². The number of quaternary nitrogens is 1. The van der Waals surface area contributed by atoms with Gasteiger partial charge in [-0.05, 0) is 67.3 Å². The smallest absolute Gasteiger partial charge is 0.356 e. The van der Waals surface area contributed by atoms with Gasteiger partial charge in [0.1, 0.15) is 5.69 Å². The van der Waals surface area contributed by atoms with Gasteiger partial charge in [0.2, 0.25) is 5.16 Å². The highest BCUT2D eigenvalue weighted by atomic mass is 35.5. The van der Waals surface area contributed by atoms with Crippen LogP contribution in [-0.4, -0.2) is 29.6 Å². The molecule has 0 saturated heterocycles. The van der Waals surface area contributed by atoms with Gasteiger partial charge in [-0.2, -0.15) is 4.48 Å². The van der Waals surface area contributed by atoms with Gasteiger partial charge in [0, 0.05) is 35.9 Å². The number of aliphatic hydroxyl groups is 1. The Kier molecular flexibility index (Phi) is 6.98. The van der Waals surface area contributed by atoms with E-state index in [1.54, 1.807) is 30.3 Å². The van der Waals surface area contributed by atoms with Crippen molar-refractivity contribution in [2.24, 2.45) is 0 Å². The molecule has 0 bridgehead atoms. The molecule has 2 unspecified atom stereocenters. The van der Waals surface area contributed by atoms with Crippen molar-refractivity contribution in [2.45, 2.75) is 32.8 Å². The maximum Gasteiger partial charge on any atom is 0.356 e. The van der Waals surface area contributed by atoms with Crippen LogP contribution in [0, 0.1) is 13.8 Å². The molecule has 0 fully saturated rings. The van der Waals surface area contributed by atoms with Crippen LogP contribution in [0.25, 0.3) is 0 Å². The van der Waals surface area contributed by atoms with Gasteiger partial charge in [-0.15, -0.1) is 0 Å². The molecule has 4 rings (SSSR count). The molecule has 0 spiro atoms. The molecule has 174 valence electrons. The molecule has 0 aromatic heterocycles. The van der Waals surface area contributed by atoms with Crippen LogP contribution in [0.1, 0.15) is 44.7 Å². The molecule has 0 saturated carbocycles. The summed E-state index contributed by atoms with van der Waals surface area (Å²) in [5.41, 5.74) is 4.10. The number of para-hydroxylation sites is 1. The van der Waals surface area contributed by atoms with E-state index in [2.05, 4.69) is 5.32 Å². The Bertz CT molecular complexity index is 1260. The van der Waals surface area contributed by atoms with Crippen molar-refractivity contribution in [1.29, 1.82) is 0 Å². The molecule has 2 atom stereocenters. The van der Waals surface area contributed by atoms with Gasteiger partial charge >= 0.3 is 5.91 Å². The van der Waals surface area contributed by atoms with Crippen molar-refractivity contribution in [3.63, 3.8) is 0 Å². The van der Waals surface area contributed by atoms with Crippen LogP contribution in [0.15, 0.2) is 84.0 Å². The van der Waals surface area contributed by atoms with Crippen molar-refractivity contribution in [3.8, 4) is 0 Å². The Morgan fingerprint density at radius 2 is 1.65 bits per heavy atom. The van der Waals surface area contributed by atoms with E-state index >= 15 is 0 Å². The van der Waals surface area contributed by atoms with Crippen molar-refractivity contribution in [2.75, 3.05) is 11.9 Å². The number of nitrogens with one attached hydrogen (secondary N) is 1. The first-order valence-electron chi connectivity index (χ1n) is 11.3. The predicted octanol–water partition coefficient (Wildman–Crippen LogP) is 5.94. The highest BCUT2D eigenvalue weighted by molar-refractivity contribution is 6.33. The SMILES string of the molecule is Cc1ccccc1C(=O)Nc1ccc(C(=O)[N+]2(c3ccccc3)CCCC(O)C=C2Cl)c(C)c1. The third kappa shape index (κ3) is 4.55. The maximum absolute atomic E-state index is 14.1. The quantitative estimate of drug-likeness (QED) is 0.362. The lowest BCUT2D eigenvalue weighted by molar-refractivity contribution is 0.0819. The number of benzene rings is 3. The van der Waals surface area contributed by atoms with E-state index in [0.717, 1.165) is 16.8 Å². The summed E-state index contributed by atoms with van der Waals surface area (Å²) >= 11 is 6.75. The van der Waals surface area contributed by atoms with Gasteiger partial charge < -0.3 is 10.4 Å². The molecule has 6 heteroatoms. The van der Waals surface area contributed by atoms with Gasteiger partial charge in [0.15, 0.2) is 0 Å². The zero-order valence-corrected chi connectivity index (χ0v) is 20.0. The third-order valence-electron chi connectivity index (χ3n) is 6.34. The van der Waals surface area contributed by atoms with Gasteiger partial charge in [-0.3, -0.25) is 4.79 Å². The number of aryl methyl sites for hydroxylation is 2. The van der Waals surface area contributed by atoms with E-state index in [-0.39, 0.29) is 21.5 Å². The Balaban J connectivity index is 1.70. The number of hydrogen-bond donors (Lipinski definition) is 2. The van der Waals surface area contributed by atoms with E-state index in [9.17, 15) is 14.7 Å². The molecule has 2 N–H and O–H groups in total. The van der Waals surface area contributed by atoms with Crippen LogP contribution in [-0.2, 0) is 0 Å². The molecule has 5 nitrogen and oxygen atoms in total. The standard InChI is InChI=1S/C28H27ClN2O3/c1-19-9-6-7-13-24(19)27(33)30-21-14-15-25(20(2)17-21)28(34)31(22-10-4-3-5-11-22)16-8-12-23(32)18-26(31)29/h3-7,9-11,13-15,17-18,23,32H,8,12,16H2,1-2H3/p+1. The van der Waals surface area contributed by atoms with Crippen LogP contribution in [0.2, 0.25) is 0 Å².